The van der Waals surface area contributed by atoms with Crippen LogP contribution < -0.4 is 5.32 Å². The molecule has 1 heterocycles. The summed E-state index contributed by atoms with van der Waals surface area (Å²) in [4.78, 5) is 0. The molecule has 1 saturated carbocycles. The van der Waals surface area contributed by atoms with Crippen LogP contribution in [0.1, 0.15) is 38.5 Å². The third-order valence-electron chi connectivity index (χ3n) is 4.33. The molecular weight excluding hydrogens is 262 g/mol. The van der Waals surface area contributed by atoms with E-state index in [2.05, 4.69) is 22.4 Å². The second-order valence-electron chi connectivity index (χ2n) is 6.12. The molecule has 2 aromatic rings. The molecule has 0 saturated heterocycles. The minimum absolute atomic E-state index is 0.596. The third-order valence-corrected chi connectivity index (χ3v) is 4.33. The minimum atomic E-state index is 0.596. The molecule has 0 spiro atoms. The Hall–Kier alpha value is -1.68. The second kappa shape index (κ2) is 6.85. The van der Waals surface area contributed by atoms with Crippen molar-refractivity contribution >= 4 is 0 Å². The van der Waals surface area contributed by atoms with Gasteiger partial charge in [0.25, 0.3) is 0 Å². The van der Waals surface area contributed by atoms with Gasteiger partial charge in [0.2, 0.25) is 11.8 Å². The fraction of sp³-hybridized carbons (Fsp3) is 0.529. The van der Waals surface area contributed by atoms with E-state index in [1.807, 2.05) is 30.3 Å². The Kier molecular flexibility index (Phi) is 4.65. The Morgan fingerprint density at radius 1 is 1.10 bits per heavy atom. The van der Waals surface area contributed by atoms with E-state index in [9.17, 15) is 0 Å². The highest BCUT2D eigenvalue weighted by molar-refractivity contribution is 5.51. The lowest BCUT2D eigenvalue weighted by atomic mass is 9.83. The number of rotatable bonds is 5. The highest BCUT2D eigenvalue weighted by Crippen LogP contribution is 2.27. The smallest absolute Gasteiger partial charge is 0.247 e. The van der Waals surface area contributed by atoms with Crippen molar-refractivity contribution in [1.29, 1.82) is 0 Å². The molecule has 0 aliphatic heterocycles. The Balaban J connectivity index is 1.47. The van der Waals surface area contributed by atoms with Gasteiger partial charge in [-0.05, 0) is 43.4 Å². The molecule has 112 valence electrons. The Labute approximate surface area is 126 Å². The van der Waals surface area contributed by atoms with Crippen LogP contribution in [0, 0.1) is 11.8 Å². The molecule has 1 aliphatic rings. The van der Waals surface area contributed by atoms with Gasteiger partial charge in [0, 0.05) is 5.56 Å². The standard InChI is InChI=1S/C17H23N3O/c1-13-7-9-14(10-8-13)11-18-12-16-19-20-17(21-16)15-5-3-2-4-6-15/h2-6,13-14,18H,7-12H2,1H3. The van der Waals surface area contributed by atoms with Crippen LogP contribution in [0.15, 0.2) is 34.7 Å². The number of nitrogens with zero attached hydrogens (tertiary/aromatic N) is 2. The lowest BCUT2D eigenvalue weighted by molar-refractivity contribution is 0.279. The fourth-order valence-corrected chi connectivity index (χ4v) is 2.94. The molecule has 1 aliphatic carbocycles. The zero-order valence-electron chi connectivity index (χ0n) is 12.6. The van der Waals surface area contributed by atoms with E-state index < -0.39 is 0 Å². The van der Waals surface area contributed by atoms with Crippen LogP contribution in [0.5, 0.6) is 0 Å². The average molecular weight is 285 g/mol. The molecule has 0 atom stereocenters. The van der Waals surface area contributed by atoms with Crippen molar-refractivity contribution in [3.63, 3.8) is 0 Å². The molecule has 0 unspecified atom stereocenters. The van der Waals surface area contributed by atoms with E-state index in [1.165, 1.54) is 25.7 Å². The van der Waals surface area contributed by atoms with Crippen LogP contribution in [0.3, 0.4) is 0 Å². The van der Waals surface area contributed by atoms with Crippen molar-refractivity contribution in [2.24, 2.45) is 11.8 Å². The highest BCUT2D eigenvalue weighted by Gasteiger charge is 2.18. The second-order valence-corrected chi connectivity index (χ2v) is 6.12. The molecule has 1 aromatic carbocycles. The van der Waals surface area contributed by atoms with E-state index >= 15 is 0 Å². The van der Waals surface area contributed by atoms with Gasteiger partial charge in [0.1, 0.15) is 0 Å². The largest absolute Gasteiger partial charge is 0.419 e. The van der Waals surface area contributed by atoms with Crippen LogP contribution in [-0.2, 0) is 6.54 Å². The van der Waals surface area contributed by atoms with Gasteiger partial charge in [-0.2, -0.15) is 0 Å². The normalized spacial score (nSPS) is 22.3. The minimum Gasteiger partial charge on any atom is -0.419 e. The monoisotopic (exact) mass is 285 g/mol. The van der Waals surface area contributed by atoms with Gasteiger partial charge < -0.3 is 9.73 Å². The quantitative estimate of drug-likeness (QED) is 0.911. The van der Waals surface area contributed by atoms with Gasteiger partial charge in [-0.1, -0.05) is 38.0 Å². The summed E-state index contributed by atoms with van der Waals surface area (Å²) in [7, 11) is 0. The van der Waals surface area contributed by atoms with E-state index in [1.54, 1.807) is 0 Å². The summed E-state index contributed by atoms with van der Waals surface area (Å²) in [5, 5.41) is 11.7. The van der Waals surface area contributed by atoms with Crippen LogP contribution in [0.2, 0.25) is 0 Å². The number of benzene rings is 1. The third kappa shape index (κ3) is 3.91. The van der Waals surface area contributed by atoms with E-state index in [0.29, 0.717) is 18.3 Å². The molecule has 0 bridgehead atoms. The predicted molar refractivity (Wildman–Crippen MR) is 82.6 cm³/mol. The molecule has 1 fully saturated rings. The Bertz CT molecular complexity index is 544. The summed E-state index contributed by atoms with van der Waals surface area (Å²) in [6, 6.07) is 9.89. The van der Waals surface area contributed by atoms with Crippen molar-refractivity contribution in [3.8, 4) is 11.5 Å². The van der Waals surface area contributed by atoms with Gasteiger partial charge in [-0.3, -0.25) is 0 Å². The molecule has 4 heteroatoms. The van der Waals surface area contributed by atoms with Crippen molar-refractivity contribution in [2.45, 2.75) is 39.2 Å². The number of aromatic nitrogens is 2. The number of hydrogen-bond donors (Lipinski definition) is 1. The Morgan fingerprint density at radius 2 is 1.86 bits per heavy atom. The van der Waals surface area contributed by atoms with E-state index in [-0.39, 0.29) is 0 Å². The van der Waals surface area contributed by atoms with Crippen molar-refractivity contribution < 1.29 is 4.42 Å². The Morgan fingerprint density at radius 3 is 2.62 bits per heavy atom. The van der Waals surface area contributed by atoms with Crippen LogP contribution in [0.4, 0.5) is 0 Å². The lowest BCUT2D eigenvalue weighted by Gasteiger charge is -2.26. The molecule has 21 heavy (non-hydrogen) atoms. The first kappa shape index (κ1) is 14.3. The van der Waals surface area contributed by atoms with Crippen LogP contribution >= 0.6 is 0 Å². The number of nitrogens with one attached hydrogen (secondary N) is 1. The maximum absolute atomic E-state index is 5.69. The summed E-state index contributed by atoms with van der Waals surface area (Å²) in [6.07, 6.45) is 5.41. The van der Waals surface area contributed by atoms with Crippen molar-refractivity contribution in [3.05, 3.63) is 36.2 Å². The van der Waals surface area contributed by atoms with Crippen LogP contribution in [-0.4, -0.2) is 16.7 Å². The van der Waals surface area contributed by atoms with Gasteiger partial charge in [0.15, 0.2) is 0 Å². The topological polar surface area (TPSA) is 51.0 Å². The fourth-order valence-electron chi connectivity index (χ4n) is 2.94. The molecule has 4 nitrogen and oxygen atoms in total. The summed E-state index contributed by atoms with van der Waals surface area (Å²) in [6.45, 7) is 4.06. The molecule has 1 aromatic heterocycles. The number of hydrogen-bond acceptors (Lipinski definition) is 4. The molecule has 3 rings (SSSR count). The maximum Gasteiger partial charge on any atom is 0.247 e. The SMILES string of the molecule is CC1CCC(CNCc2nnc(-c3ccccc3)o2)CC1. The summed E-state index contributed by atoms with van der Waals surface area (Å²) in [5.41, 5.74) is 0.970. The van der Waals surface area contributed by atoms with Gasteiger partial charge in [-0.25, -0.2) is 0 Å². The first-order chi connectivity index (χ1) is 10.3. The van der Waals surface area contributed by atoms with E-state index in [4.69, 9.17) is 4.42 Å². The first-order valence-corrected chi connectivity index (χ1v) is 7.90. The van der Waals surface area contributed by atoms with Crippen LogP contribution in [0.25, 0.3) is 11.5 Å². The zero-order valence-corrected chi connectivity index (χ0v) is 12.6. The predicted octanol–water partition coefficient (Wildman–Crippen LogP) is 3.65. The van der Waals surface area contributed by atoms with Gasteiger partial charge in [-0.15, -0.1) is 10.2 Å². The molecule has 1 N–H and O–H groups in total. The molecular formula is C17H23N3O. The van der Waals surface area contributed by atoms with Gasteiger partial charge in [0.05, 0.1) is 6.54 Å². The van der Waals surface area contributed by atoms with Crippen molar-refractivity contribution in [2.75, 3.05) is 6.54 Å². The van der Waals surface area contributed by atoms with E-state index in [0.717, 1.165) is 23.9 Å². The summed E-state index contributed by atoms with van der Waals surface area (Å²) >= 11 is 0. The average Bonchev–Trinajstić information content (AvgIpc) is 2.99. The maximum atomic E-state index is 5.69. The zero-order chi connectivity index (χ0) is 14.5. The van der Waals surface area contributed by atoms with Gasteiger partial charge >= 0.3 is 0 Å². The molecule has 0 radical (unpaired) electrons. The highest BCUT2D eigenvalue weighted by atomic mass is 16.4. The summed E-state index contributed by atoms with van der Waals surface area (Å²) in [5.74, 6) is 2.97. The lowest BCUT2D eigenvalue weighted by Crippen LogP contribution is -2.25. The first-order valence-electron chi connectivity index (χ1n) is 7.90. The molecule has 0 amide bonds. The van der Waals surface area contributed by atoms with Crippen molar-refractivity contribution in [1.82, 2.24) is 15.5 Å². The summed E-state index contributed by atoms with van der Waals surface area (Å²) < 4.78 is 5.69.